The molecule has 2 aromatic carbocycles. The number of esters is 2. The smallest absolute Gasteiger partial charge is 0.308 e. The SMILES string of the molecule is CCc1c(-c2ccc(OC(C)=O)cc2)n(C)c2cc(OC(C)=O)ccc12. The van der Waals surface area contributed by atoms with Gasteiger partial charge in [0.15, 0.2) is 0 Å². The second kappa shape index (κ2) is 7.04. The van der Waals surface area contributed by atoms with Crippen LogP contribution in [0.25, 0.3) is 22.2 Å². The molecule has 0 amide bonds. The van der Waals surface area contributed by atoms with Crippen molar-refractivity contribution in [3.63, 3.8) is 0 Å². The fourth-order valence-corrected chi connectivity index (χ4v) is 3.30. The average molecular weight is 351 g/mol. The van der Waals surface area contributed by atoms with E-state index in [1.807, 2.05) is 37.4 Å². The third-order valence-corrected chi connectivity index (χ3v) is 4.28. The van der Waals surface area contributed by atoms with Gasteiger partial charge in [0.1, 0.15) is 11.5 Å². The fourth-order valence-electron chi connectivity index (χ4n) is 3.30. The molecule has 0 saturated carbocycles. The highest BCUT2D eigenvalue weighted by molar-refractivity contribution is 5.93. The van der Waals surface area contributed by atoms with Crippen LogP contribution in [0.4, 0.5) is 0 Å². The lowest BCUT2D eigenvalue weighted by Crippen LogP contribution is -2.01. The van der Waals surface area contributed by atoms with E-state index in [2.05, 4.69) is 11.5 Å². The van der Waals surface area contributed by atoms with Gasteiger partial charge in [0.05, 0.1) is 11.2 Å². The summed E-state index contributed by atoms with van der Waals surface area (Å²) < 4.78 is 12.4. The van der Waals surface area contributed by atoms with Gasteiger partial charge in [-0.1, -0.05) is 6.92 Å². The van der Waals surface area contributed by atoms with E-state index in [-0.39, 0.29) is 11.9 Å². The summed E-state index contributed by atoms with van der Waals surface area (Å²) in [6.07, 6.45) is 0.866. The summed E-state index contributed by atoms with van der Waals surface area (Å²) >= 11 is 0. The number of hydrogen-bond donors (Lipinski definition) is 0. The van der Waals surface area contributed by atoms with Crippen molar-refractivity contribution < 1.29 is 19.1 Å². The van der Waals surface area contributed by atoms with Gasteiger partial charge in [0.25, 0.3) is 0 Å². The molecule has 0 atom stereocenters. The zero-order valence-electron chi connectivity index (χ0n) is 15.3. The molecule has 0 radical (unpaired) electrons. The van der Waals surface area contributed by atoms with E-state index in [1.54, 1.807) is 12.1 Å². The summed E-state index contributed by atoms with van der Waals surface area (Å²) in [7, 11) is 1.99. The highest BCUT2D eigenvalue weighted by atomic mass is 16.5. The second-order valence-corrected chi connectivity index (χ2v) is 6.13. The number of nitrogens with zero attached hydrogens (tertiary/aromatic N) is 1. The molecule has 5 heteroatoms. The molecule has 0 aliphatic rings. The first-order valence-corrected chi connectivity index (χ1v) is 8.49. The molecule has 1 aromatic heterocycles. The molecule has 0 aliphatic heterocycles. The van der Waals surface area contributed by atoms with Gasteiger partial charge < -0.3 is 14.0 Å². The molecule has 134 valence electrons. The standard InChI is InChI=1S/C21H21NO4/c1-5-18-19-11-10-17(26-14(3)24)12-20(19)22(4)21(18)15-6-8-16(9-7-15)25-13(2)23/h6-12H,5H2,1-4H3. The number of ether oxygens (including phenoxy) is 2. The van der Waals surface area contributed by atoms with Crippen molar-refractivity contribution in [3.8, 4) is 22.8 Å². The van der Waals surface area contributed by atoms with Crippen molar-refractivity contribution in [1.82, 2.24) is 4.57 Å². The Labute approximate surface area is 152 Å². The summed E-state index contributed by atoms with van der Waals surface area (Å²) in [5.74, 6) is 0.380. The summed E-state index contributed by atoms with van der Waals surface area (Å²) in [6.45, 7) is 4.89. The zero-order chi connectivity index (χ0) is 18.8. The normalized spacial score (nSPS) is 10.8. The molecule has 3 rings (SSSR count). The summed E-state index contributed by atoms with van der Waals surface area (Å²) in [5.41, 5.74) is 4.35. The maximum Gasteiger partial charge on any atom is 0.308 e. The average Bonchev–Trinajstić information content (AvgIpc) is 2.86. The Hall–Kier alpha value is -3.08. The minimum absolute atomic E-state index is 0.337. The molecule has 0 aliphatic carbocycles. The molecule has 1 heterocycles. The van der Waals surface area contributed by atoms with Gasteiger partial charge in [-0.05, 0) is 53.9 Å². The van der Waals surface area contributed by atoms with E-state index >= 15 is 0 Å². The fraction of sp³-hybridized carbons (Fsp3) is 0.238. The van der Waals surface area contributed by atoms with Crippen molar-refractivity contribution in [2.45, 2.75) is 27.2 Å². The van der Waals surface area contributed by atoms with Crippen LogP contribution in [0, 0.1) is 0 Å². The number of aromatic nitrogens is 1. The van der Waals surface area contributed by atoms with Gasteiger partial charge in [-0.2, -0.15) is 0 Å². The van der Waals surface area contributed by atoms with Gasteiger partial charge in [0.2, 0.25) is 0 Å². The van der Waals surface area contributed by atoms with Crippen LogP contribution in [0.3, 0.4) is 0 Å². The number of aryl methyl sites for hydroxylation is 2. The molecule has 0 spiro atoms. The largest absolute Gasteiger partial charge is 0.427 e. The lowest BCUT2D eigenvalue weighted by molar-refractivity contribution is -0.132. The van der Waals surface area contributed by atoms with Crippen LogP contribution in [0.1, 0.15) is 26.3 Å². The Morgan fingerprint density at radius 1 is 0.923 bits per heavy atom. The molecule has 0 bridgehead atoms. The predicted octanol–water partition coefficient (Wildman–Crippen LogP) is 4.26. The molecule has 0 fully saturated rings. The van der Waals surface area contributed by atoms with Gasteiger partial charge in [-0.25, -0.2) is 0 Å². The number of benzene rings is 2. The van der Waals surface area contributed by atoms with E-state index in [0.717, 1.165) is 28.6 Å². The van der Waals surface area contributed by atoms with Gasteiger partial charge >= 0.3 is 11.9 Å². The number of hydrogen-bond acceptors (Lipinski definition) is 4. The van der Waals surface area contributed by atoms with E-state index < -0.39 is 0 Å². The highest BCUT2D eigenvalue weighted by Gasteiger charge is 2.16. The van der Waals surface area contributed by atoms with Crippen molar-refractivity contribution >= 4 is 22.8 Å². The summed E-state index contributed by atoms with van der Waals surface area (Å²) in [4.78, 5) is 22.3. The van der Waals surface area contributed by atoms with Crippen LogP contribution < -0.4 is 9.47 Å². The minimum atomic E-state index is -0.338. The lowest BCUT2D eigenvalue weighted by atomic mass is 10.0. The van der Waals surface area contributed by atoms with Crippen LogP contribution >= 0.6 is 0 Å². The van der Waals surface area contributed by atoms with Crippen molar-refractivity contribution in [2.24, 2.45) is 7.05 Å². The topological polar surface area (TPSA) is 57.5 Å². The second-order valence-electron chi connectivity index (χ2n) is 6.13. The number of carbonyl (C=O) groups is 2. The van der Waals surface area contributed by atoms with Crippen molar-refractivity contribution in [3.05, 3.63) is 48.0 Å². The third kappa shape index (κ3) is 3.33. The van der Waals surface area contributed by atoms with Gasteiger partial charge in [-0.15, -0.1) is 0 Å². The summed E-state index contributed by atoms with van der Waals surface area (Å²) in [5, 5.41) is 1.13. The van der Waals surface area contributed by atoms with E-state index in [1.165, 1.54) is 19.4 Å². The molecule has 0 unspecified atom stereocenters. The molecular formula is C21H21NO4. The molecule has 26 heavy (non-hydrogen) atoms. The van der Waals surface area contributed by atoms with Crippen LogP contribution in [0.2, 0.25) is 0 Å². The highest BCUT2D eigenvalue weighted by Crippen LogP contribution is 2.35. The zero-order valence-corrected chi connectivity index (χ0v) is 15.3. The summed E-state index contributed by atoms with van der Waals surface area (Å²) in [6, 6.07) is 13.2. The van der Waals surface area contributed by atoms with Gasteiger partial charge in [0, 0.05) is 32.3 Å². The first-order valence-electron chi connectivity index (χ1n) is 8.49. The molecule has 0 saturated heterocycles. The van der Waals surface area contributed by atoms with Crippen LogP contribution in [0.15, 0.2) is 42.5 Å². The van der Waals surface area contributed by atoms with Gasteiger partial charge in [-0.3, -0.25) is 9.59 Å². The van der Waals surface area contributed by atoms with Crippen LogP contribution in [0.5, 0.6) is 11.5 Å². The number of fused-ring (bicyclic) bond motifs is 1. The molecular weight excluding hydrogens is 330 g/mol. The Kier molecular flexibility index (Phi) is 4.80. The van der Waals surface area contributed by atoms with Crippen molar-refractivity contribution in [2.75, 3.05) is 0 Å². The number of carbonyl (C=O) groups excluding carboxylic acids is 2. The van der Waals surface area contributed by atoms with Crippen LogP contribution in [-0.4, -0.2) is 16.5 Å². The third-order valence-electron chi connectivity index (χ3n) is 4.28. The molecule has 0 N–H and O–H groups in total. The molecule has 3 aromatic rings. The lowest BCUT2D eigenvalue weighted by Gasteiger charge is -2.08. The van der Waals surface area contributed by atoms with E-state index in [9.17, 15) is 9.59 Å². The van der Waals surface area contributed by atoms with E-state index in [4.69, 9.17) is 9.47 Å². The Morgan fingerprint density at radius 2 is 1.50 bits per heavy atom. The molecule has 5 nitrogen and oxygen atoms in total. The predicted molar refractivity (Wildman–Crippen MR) is 100 cm³/mol. The Balaban J connectivity index is 2.11. The minimum Gasteiger partial charge on any atom is -0.427 e. The number of rotatable bonds is 4. The van der Waals surface area contributed by atoms with Crippen LogP contribution in [-0.2, 0) is 23.1 Å². The first-order chi connectivity index (χ1) is 12.4. The van der Waals surface area contributed by atoms with E-state index in [0.29, 0.717) is 11.5 Å². The first kappa shape index (κ1) is 17.7. The maximum atomic E-state index is 11.2. The quantitative estimate of drug-likeness (QED) is 0.521. The monoisotopic (exact) mass is 351 g/mol. The Bertz CT molecular complexity index is 983. The van der Waals surface area contributed by atoms with Crippen molar-refractivity contribution in [1.29, 1.82) is 0 Å². The maximum absolute atomic E-state index is 11.2. The Morgan fingerprint density at radius 3 is 2.08 bits per heavy atom.